The van der Waals surface area contributed by atoms with E-state index in [0.717, 1.165) is 12.2 Å². The number of rotatable bonds is 5. The quantitative estimate of drug-likeness (QED) is 0.805. The van der Waals surface area contributed by atoms with E-state index in [1.807, 2.05) is 18.2 Å². The molecule has 0 aliphatic carbocycles. The summed E-state index contributed by atoms with van der Waals surface area (Å²) < 4.78 is 5.73. The third kappa shape index (κ3) is 3.56. The van der Waals surface area contributed by atoms with Crippen LogP contribution in [0.25, 0.3) is 0 Å². The minimum atomic E-state index is 0.106. The van der Waals surface area contributed by atoms with E-state index in [9.17, 15) is 0 Å². The molecule has 1 aromatic carbocycles. The van der Waals surface area contributed by atoms with E-state index in [1.54, 1.807) is 0 Å². The molecule has 0 aliphatic heterocycles. The lowest BCUT2D eigenvalue weighted by Crippen LogP contribution is -2.33. The SMILES string of the molecule is CCc1ccccc1OC[C@@H](N)C(C)C. The molecule has 0 aliphatic rings. The van der Waals surface area contributed by atoms with Crippen molar-refractivity contribution < 1.29 is 4.74 Å². The van der Waals surface area contributed by atoms with Crippen LogP contribution in [0.5, 0.6) is 5.75 Å². The molecule has 0 bridgehead atoms. The van der Waals surface area contributed by atoms with Gasteiger partial charge in [0.2, 0.25) is 0 Å². The lowest BCUT2D eigenvalue weighted by molar-refractivity contribution is 0.257. The normalized spacial score (nSPS) is 12.9. The van der Waals surface area contributed by atoms with Crippen LogP contribution in [-0.2, 0) is 6.42 Å². The first-order valence-corrected chi connectivity index (χ1v) is 5.61. The number of para-hydroxylation sites is 1. The second kappa shape index (κ2) is 5.76. The van der Waals surface area contributed by atoms with E-state index in [0.29, 0.717) is 12.5 Å². The van der Waals surface area contributed by atoms with E-state index >= 15 is 0 Å². The van der Waals surface area contributed by atoms with E-state index < -0.39 is 0 Å². The van der Waals surface area contributed by atoms with Crippen molar-refractivity contribution in [2.75, 3.05) is 6.61 Å². The van der Waals surface area contributed by atoms with Crippen molar-refractivity contribution in [2.24, 2.45) is 11.7 Å². The Morgan fingerprint density at radius 3 is 2.53 bits per heavy atom. The molecule has 0 fully saturated rings. The van der Waals surface area contributed by atoms with Gasteiger partial charge in [-0.05, 0) is 24.0 Å². The molecule has 1 rings (SSSR count). The Morgan fingerprint density at radius 2 is 1.93 bits per heavy atom. The summed E-state index contributed by atoms with van der Waals surface area (Å²) in [7, 11) is 0. The Morgan fingerprint density at radius 1 is 1.27 bits per heavy atom. The molecule has 2 heteroatoms. The molecule has 1 aromatic rings. The van der Waals surface area contributed by atoms with Crippen molar-refractivity contribution >= 4 is 0 Å². The molecule has 2 nitrogen and oxygen atoms in total. The van der Waals surface area contributed by atoms with Crippen LogP contribution in [0.15, 0.2) is 24.3 Å². The zero-order valence-corrected chi connectivity index (χ0v) is 9.86. The molecule has 0 heterocycles. The zero-order chi connectivity index (χ0) is 11.3. The lowest BCUT2D eigenvalue weighted by atomic mass is 10.1. The molecule has 0 radical (unpaired) electrons. The predicted octanol–water partition coefficient (Wildman–Crippen LogP) is 2.61. The molecule has 0 saturated carbocycles. The van der Waals surface area contributed by atoms with Crippen LogP contribution in [0.1, 0.15) is 26.3 Å². The van der Waals surface area contributed by atoms with Gasteiger partial charge in [-0.2, -0.15) is 0 Å². The Kier molecular flexibility index (Phi) is 4.63. The fourth-order valence-corrected chi connectivity index (χ4v) is 1.32. The van der Waals surface area contributed by atoms with Gasteiger partial charge in [0.25, 0.3) is 0 Å². The molecule has 0 saturated heterocycles. The summed E-state index contributed by atoms with van der Waals surface area (Å²) in [5, 5.41) is 0. The van der Waals surface area contributed by atoms with Gasteiger partial charge < -0.3 is 10.5 Å². The summed E-state index contributed by atoms with van der Waals surface area (Å²) in [6, 6.07) is 8.24. The average Bonchev–Trinajstić information content (AvgIpc) is 2.26. The molecule has 0 aromatic heterocycles. The van der Waals surface area contributed by atoms with Crippen LogP contribution in [0.3, 0.4) is 0 Å². The fourth-order valence-electron chi connectivity index (χ4n) is 1.32. The highest BCUT2D eigenvalue weighted by Gasteiger charge is 2.09. The largest absolute Gasteiger partial charge is 0.492 e. The average molecular weight is 207 g/mol. The third-order valence-electron chi connectivity index (χ3n) is 2.64. The van der Waals surface area contributed by atoms with Crippen LogP contribution < -0.4 is 10.5 Å². The number of ether oxygens (including phenoxy) is 1. The van der Waals surface area contributed by atoms with Crippen molar-refractivity contribution in [3.05, 3.63) is 29.8 Å². The summed E-state index contributed by atoms with van der Waals surface area (Å²) >= 11 is 0. The number of aryl methyl sites for hydroxylation is 1. The van der Waals surface area contributed by atoms with E-state index in [4.69, 9.17) is 10.5 Å². The van der Waals surface area contributed by atoms with Gasteiger partial charge >= 0.3 is 0 Å². The number of hydrogen-bond donors (Lipinski definition) is 1. The Labute approximate surface area is 92.4 Å². The predicted molar refractivity (Wildman–Crippen MR) is 64.1 cm³/mol. The number of benzene rings is 1. The Balaban J connectivity index is 2.57. The smallest absolute Gasteiger partial charge is 0.122 e. The topological polar surface area (TPSA) is 35.2 Å². The summed E-state index contributed by atoms with van der Waals surface area (Å²) in [4.78, 5) is 0. The summed E-state index contributed by atoms with van der Waals surface area (Å²) in [5.74, 6) is 1.43. The highest BCUT2D eigenvalue weighted by Crippen LogP contribution is 2.18. The monoisotopic (exact) mass is 207 g/mol. The van der Waals surface area contributed by atoms with Crippen molar-refractivity contribution in [1.29, 1.82) is 0 Å². The van der Waals surface area contributed by atoms with E-state index in [2.05, 4.69) is 26.8 Å². The molecular formula is C13H21NO. The van der Waals surface area contributed by atoms with Gasteiger partial charge in [-0.15, -0.1) is 0 Å². The maximum Gasteiger partial charge on any atom is 0.122 e. The first-order chi connectivity index (χ1) is 7.15. The van der Waals surface area contributed by atoms with Gasteiger partial charge in [0.05, 0.1) is 0 Å². The van der Waals surface area contributed by atoms with Crippen LogP contribution in [0, 0.1) is 5.92 Å². The summed E-state index contributed by atoms with van der Waals surface area (Å²) in [5.41, 5.74) is 7.17. The van der Waals surface area contributed by atoms with Crippen LogP contribution in [0.4, 0.5) is 0 Å². The first-order valence-electron chi connectivity index (χ1n) is 5.61. The molecule has 15 heavy (non-hydrogen) atoms. The maximum absolute atomic E-state index is 5.93. The second-order valence-corrected chi connectivity index (χ2v) is 4.18. The summed E-state index contributed by atoms with van der Waals surface area (Å²) in [6.07, 6.45) is 0.993. The van der Waals surface area contributed by atoms with Gasteiger partial charge in [0.1, 0.15) is 12.4 Å². The fraction of sp³-hybridized carbons (Fsp3) is 0.538. The van der Waals surface area contributed by atoms with Gasteiger partial charge in [-0.3, -0.25) is 0 Å². The van der Waals surface area contributed by atoms with Gasteiger partial charge in [0.15, 0.2) is 0 Å². The summed E-state index contributed by atoms with van der Waals surface area (Å²) in [6.45, 7) is 6.94. The van der Waals surface area contributed by atoms with E-state index in [1.165, 1.54) is 5.56 Å². The van der Waals surface area contributed by atoms with Crippen molar-refractivity contribution in [2.45, 2.75) is 33.2 Å². The zero-order valence-electron chi connectivity index (χ0n) is 9.86. The molecule has 0 spiro atoms. The standard InChI is InChI=1S/C13H21NO/c1-4-11-7-5-6-8-13(11)15-9-12(14)10(2)3/h5-8,10,12H,4,9,14H2,1-3H3/t12-/m1/s1. The Bertz CT molecular complexity index is 296. The highest BCUT2D eigenvalue weighted by molar-refractivity contribution is 5.33. The Hall–Kier alpha value is -1.02. The minimum Gasteiger partial charge on any atom is -0.492 e. The van der Waals surface area contributed by atoms with Crippen LogP contribution in [-0.4, -0.2) is 12.6 Å². The molecule has 1 atom stereocenters. The van der Waals surface area contributed by atoms with Crippen molar-refractivity contribution in [1.82, 2.24) is 0 Å². The molecule has 0 unspecified atom stereocenters. The maximum atomic E-state index is 5.93. The van der Waals surface area contributed by atoms with Gasteiger partial charge in [-0.1, -0.05) is 39.0 Å². The number of hydrogen-bond acceptors (Lipinski definition) is 2. The first kappa shape index (κ1) is 12.1. The number of nitrogens with two attached hydrogens (primary N) is 1. The highest BCUT2D eigenvalue weighted by atomic mass is 16.5. The van der Waals surface area contributed by atoms with Crippen molar-refractivity contribution in [3.63, 3.8) is 0 Å². The van der Waals surface area contributed by atoms with Crippen LogP contribution in [0.2, 0.25) is 0 Å². The third-order valence-corrected chi connectivity index (χ3v) is 2.64. The molecule has 0 amide bonds. The van der Waals surface area contributed by atoms with E-state index in [-0.39, 0.29) is 6.04 Å². The van der Waals surface area contributed by atoms with Crippen LogP contribution >= 0.6 is 0 Å². The molecule has 84 valence electrons. The molecule has 2 N–H and O–H groups in total. The van der Waals surface area contributed by atoms with Gasteiger partial charge in [0, 0.05) is 6.04 Å². The van der Waals surface area contributed by atoms with Gasteiger partial charge in [-0.25, -0.2) is 0 Å². The minimum absolute atomic E-state index is 0.106. The molecular weight excluding hydrogens is 186 g/mol. The second-order valence-electron chi connectivity index (χ2n) is 4.18. The van der Waals surface area contributed by atoms with Crippen molar-refractivity contribution in [3.8, 4) is 5.75 Å². The lowest BCUT2D eigenvalue weighted by Gasteiger charge is -2.17.